The molecule has 2 unspecified atom stereocenters. The Labute approximate surface area is 92.2 Å². The van der Waals surface area contributed by atoms with Gasteiger partial charge in [-0.1, -0.05) is 0 Å². The van der Waals surface area contributed by atoms with Gasteiger partial charge in [0.2, 0.25) is 0 Å². The molecule has 1 heterocycles. The lowest BCUT2D eigenvalue weighted by atomic mass is 9.91. The van der Waals surface area contributed by atoms with Crippen LogP contribution in [0.3, 0.4) is 0 Å². The second-order valence-electron chi connectivity index (χ2n) is 5.43. The van der Waals surface area contributed by atoms with Crippen LogP contribution in [0.5, 0.6) is 0 Å². The highest BCUT2D eigenvalue weighted by Gasteiger charge is 2.44. The minimum Gasteiger partial charge on any atom is -0.308 e. The van der Waals surface area contributed by atoms with Crippen molar-refractivity contribution in [2.75, 3.05) is 26.3 Å². The van der Waals surface area contributed by atoms with Gasteiger partial charge in [-0.25, -0.2) is 0 Å². The number of hydrogen-bond acceptors (Lipinski definition) is 2. The molecule has 2 nitrogen and oxygen atoms in total. The quantitative estimate of drug-likeness (QED) is 0.768. The number of hydrogen-bond donors (Lipinski definition) is 1. The van der Waals surface area contributed by atoms with E-state index < -0.39 is 0 Å². The molecule has 0 aromatic heterocycles. The summed E-state index contributed by atoms with van der Waals surface area (Å²) in [7, 11) is 0. The summed E-state index contributed by atoms with van der Waals surface area (Å²) in [4.78, 5) is 2.45. The van der Waals surface area contributed by atoms with E-state index in [1.165, 1.54) is 12.8 Å². The van der Waals surface area contributed by atoms with Crippen molar-refractivity contribution < 1.29 is 4.39 Å². The average molecular weight is 214 g/mol. The van der Waals surface area contributed by atoms with Gasteiger partial charge in [-0.3, -0.25) is 9.29 Å². The van der Waals surface area contributed by atoms with Gasteiger partial charge in [0.05, 0.1) is 6.67 Å². The van der Waals surface area contributed by atoms with Crippen LogP contribution in [0.15, 0.2) is 0 Å². The highest BCUT2D eigenvalue weighted by Crippen LogP contribution is 2.41. The van der Waals surface area contributed by atoms with Gasteiger partial charge in [0.15, 0.2) is 0 Å². The Morgan fingerprint density at radius 3 is 2.80 bits per heavy atom. The van der Waals surface area contributed by atoms with Crippen molar-refractivity contribution in [2.24, 2.45) is 5.92 Å². The van der Waals surface area contributed by atoms with E-state index in [4.69, 9.17) is 0 Å². The molecule has 2 atom stereocenters. The molecule has 0 aromatic carbocycles. The van der Waals surface area contributed by atoms with Crippen LogP contribution >= 0.6 is 0 Å². The standard InChI is InChI=1S/C12H23FN2/c1-10-8-14-12(2,11-4-5-11)9-15(10)7-3-6-13/h10-11,14H,3-9H2,1-2H3. The van der Waals surface area contributed by atoms with Crippen LogP contribution < -0.4 is 5.32 Å². The summed E-state index contributed by atoms with van der Waals surface area (Å²) in [5.41, 5.74) is 0.294. The zero-order valence-corrected chi connectivity index (χ0v) is 9.93. The lowest BCUT2D eigenvalue weighted by Gasteiger charge is -2.45. The predicted octanol–water partition coefficient (Wildman–Crippen LogP) is 1.81. The van der Waals surface area contributed by atoms with Crippen molar-refractivity contribution in [1.29, 1.82) is 0 Å². The molecule has 1 N–H and O–H groups in total. The maximum atomic E-state index is 12.2. The molecule has 3 heteroatoms. The number of halogens is 1. The van der Waals surface area contributed by atoms with E-state index in [2.05, 4.69) is 24.1 Å². The number of rotatable bonds is 4. The van der Waals surface area contributed by atoms with Gasteiger partial charge in [0.25, 0.3) is 0 Å². The van der Waals surface area contributed by atoms with E-state index in [9.17, 15) is 4.39 Å². The summed E-state index contributed by atoms with van der Waals surface area (Å²) in [6, 6.07) is 0.559. The van der Waals surface area contributed by atoms with E-state index in [1.54, 1.807) is 0 Å². The van der Waals surface area contributed by atoms with Gasteiger partial charge in [-0.2, -0.15) is 0 Å². The fraction of sp³-hybridized carbons (Fsp3) is 1.00. The van der Waals surface area contributed by atoms with E-state index in [0.29, 0.717) is 18.0 Å². The molecule has 88 valence electrons. The smallest absolute Gasteiger partial charge is 0.0906 e. The Kier molecular flexibility index (Phi) is 3.31. The maximum absolute atomic E-state index is 12.2. The van der Waals surface area contributed by atoms with Crippen molar-refractivity contribution in [1.82, 2.24) is 10.2 Å². The Morgan fingerprint density at radius 1 is 1.47 bits per heavy atom. The van der Waals surface area contributed by atoms with Crippen molar-refractivity contribution in [3.8, 4) is 0 Å². The summed E-state index contributed by atoms with van der Waals surface area (Å²) in [6.45, 7) is 7.45. The first-order chi connectivity index (χ1) is 7.15. The van der Waals surface area contributed by atoms with Gasteiger partial charge in [0, 0.05) is 31.2 Å². The maximum Gasteiger partial charge on any atom is 0.0906 e. The third-order valence-electron chi connectivity index (χ3n) is 4.01. The first kappa shape index (κ1) is 11.3. The number of nitrogens with zero attached hydrogens (tertiary/aromatic N) is 1. The lowest BCUT2D eigenvalue weighted by Crippen LogP contribution is -2.63. The van der Waals surface area contributed by atoms with Gasteiger partial charge < -0.3 is 5.32 Å². The van der Waals surface area contributed by atoms with E-state index in [1.807, 2.05) is 0 Å². The fourth-order valence-electron chi connectivity index (χ4n) is 2.70. The molecule has 0 radical (unpaired) electrons. The molecular weight excluding hydrogens is 191 g/mol. The summed E-state index contributed by atoms with van der Waals surface area (Å²) < 4.78 is 12.2. The Morgan fingerprint density at radius 2 is 2.20 bits per heavy atom. The average Bonchev–Trinajstić information content (AvgIpc) is 3.03. The Balaban J connectivity index is 1.91. The molecule has 0 amide bonds. The number of piperazine rings is 1. The first-order valence-corrected chi connectivity index (χ1v) is 6.21. The molecule has 2 fully saturated rings. The zero-order valence-electron chi connectivity index (χ0n) is 9.93. The Hall–Kier alpha value is -0.150. The lowest BCUT2D eigenvalue weighted by molar-refractivity contribution is 0.0806. The van der Waals surface area contributed by atoms with E-state index in [-0.39, 0.29) is 6.67 Å². The number of alkyl halides is 1. The van der Waals surface area contributed by atoms with Gasteiger partial charge >= 0.3 is 0 Å². The zero-order chi connectivity index (χ0) is 10.9. The third-order valence-corrected chi connectivity index (χ3v) is 4.01. The molecule has 2 aliphatic rings. The predicted molar refractivity (Wildman–Crippen MR) is 60.8 cm³/mol. The molecule has 0 spiro atoms. The van der Waals surface area contributed by atoms with Crippen LogP contribution in [0.1, 0.15) is 33.1 Å². The molecule has 15 heavy (non-hydrogen) atoms. The second-order valence-corrected chi connectivity index (χ2v) is 5.43. The van der Waals surface area contributed by atoms with Gasteiger partial charge in [0.1, 0.15) is 0 Å². The summed E-state index contributed by atoms with van der Waals surface area (Å²) in [6.07, 6.45) is 3.43. The normalized spacial score (nSPS) is 38.2. The monoisotopic (exact) mass is 214 g/mol. The first-order valence-electron chi connectivity index (χ1n) is 6.21. The van der Waals surface area contributed by atoms with E-state index >= 15 is 0 Å². The van der Waals surface area contributed by atoms with Crippen LogP contribution in [0, 0.1) is 5.92 Å². The topological polar surface area (TPSA) is 15.3 Å². The minimum atomic E-state index is -0.184. The van der Waals surface area contributed by atoms with Crippen molar-refractivity contribution in [2.45, 2.75) is 44.7 Å². The van der Waals surface area contributed by atoms with Crippen LogP contribution in [0.4, 0.5) is 4.39 Å². The van der Waals surface area contributed by atoms with Crippen molar-refractivity contribution >= 4 is 0 Å². The summed E-state index contributed by atoms with van der Waals surface area (Å²) in [5.74, 6) is 0.859. The SMILES string of the molecule is CC1CNC(C)(C2CC2)CN1CCCF. The molecule has 1 aliphatic carbocycles. The number of nitrogens with one attached hydrogen (secondary N) is 1. The molecule has 1 saturated carbocycles. The van der Waals surface area contributed by atoms with Crippen molar-refractivity contribution in [3.63, 3.8) is 0 Å². The molecule has 0 bridgehead atoms. The molecule has 2 rings (SSSR count). The minimum absolute atomic E-state index is 0.184. The summed E-state index contributed by atoms with van der Waals surface area (Å²) in [5, 5.41) is 3.68. The van der Waals surface area contributed by atoms with Crippen LogP contribution in [0.2, 0.25) is 0 Å². The highest BCUT2D eigenvalue weighted by atomic mass is 19.1. The highest BCUT2D eigenvalue weighted by molar-refractivity contribution is 5.03. The van der Waals surface area contributed by atoms with E-state index in [0.717, 1.165) is 25.6 Å². The van der Waals surface area contributed by atoms with Gasteiger partial charge in [-0.15, -0.1) is 0 Å². The van der Waals surface area contributed by atoms with Crippen LogP contribution in [-0.2, 0) is 0 Å². The summed E-state index contributed by atoms with van der Waals surface area (Å²) >= 11 is 0. The fourth-order valence-corrected chi connectivity index (χ4v) is 2.70. The van der Waals surface area contributed by atoms with Crippen molar-refractivity contribution in [3.05, 3.63) is 0 Å². The second kappa shape index (κ2) is 4.38. The van der Waals surface area contributed by atoms with Gasteiger partial charge in [-0.05, 0) is 39.0 Å². The van der Waals surface area contributed by atoms with Crippen LogP contribution in [0.25, 0.3) is 0 Å². The third kappa shape index (κ3) is 2.51. The molecule has 1 aliphatic heterocycles. The van der Waals surface area contributed by atoms with Crippen LogP contribution in [-0.4, -0.2) is 42.8 Å². The molecule has 1 saturated heterocycles. The molecule has 0 aromatic rings. The Bertz CT molecular complexity index is 218. The largest absolute Gasteiger partial charge is 0.308 e. The molecular formula is C12H23FN2.